The maximum Gasteiger partial charge on any atom is 0.0662 e. The maximum absolute atomic E-state index is 4.96. The number of allylic oxidation sites excluding steroid dienone is 4. The van der Waals surface area contributed by atoms with Gasteiger partial charge >= 0.3 is 0 Å². The Bertz CT molecular complexity index is 2710. The van der Waals surface area contributed by atoms with E-state index in [-0.39, 0.29) is 0 Å². The minimum absolute atomic E-state index is 0.995. The third kappa shape index (κ3) is 6.76. The van der Waals surface area contributed by atoms with E-state index < -0.39 is 0 Å². The van der Waals surface area contributed by atoms with Crippen molar-refractivity contribution in [2.75, 3.05) is 0 Å². The van der Waals surface area contributed by atoms with E-state index in [2.05, 4.69) is 202 Å². The minimum atomic E-state index is 0.995. The van der Waals surface area contributed by atoms with Crippen LogP contribution in [0.1, 0.15) is 29.2 Å². The molecule has 0 radical (unpaired) electrons. The van der Waals surface area contributed by atoms with E-state index in [4.69, 9.17) is 4.99 Å². The summed E-state index contributed by atoms with van der Waals surface area (Å²) in [6.07, 6.45) is 8.15. The highest BCUT2D eigenvalue weighted by Gasteiger charge is 2.21. The van der Waals surface area contributed by atoms with Gasteiger partial charge in [0.2, 0.25) is 0 Å². The number of fused-ring (bicyclic) bond motifs is 2. The molecule has 1 nitrogen and oxygen atoms in total. The zero-order valence-electron chi connectivity index (χ0n) is 30.7. The SMILES string of the molecule is C=C/C=C\C=C(/c1ccccc1)c1c2ccccc2c(-c2ccccc2-c2ccccc2)c2ccc(-c3ccc(C(C)=Nc4ccccc4C)cc3)cc12. The van der Waals surface area contributed by atoms with E-state index in [0.29, 0.717) is 0 Å². The zero-order chi connectivity index (χ0) is 36.9. The summed E-state index contributed by atoms with van der Waals surface area (Å²) >= 11 is 0. The van der Waals surface area contributed by atoms with E-state index in [1.54, 1.807) is 0 Å². The first kappa shape index (κ1) is 34.3. The molecule has 0 aliphatic carbocycles. The van der Waals surface area contributed by atoms with Crippen molar-refractivity contribution in [2.45, 2.75) is 13.8 Å². The molecule has 0 bridgehead atoms. The fourth-order valence-electron chi connectivity index (χ4n) is 7.52. The van der Waals surface area contributed by atoms with E-state index >= 15 is 0 Å². The van der Waals surface area contributed by atoms with Crippen molar-refractivity contribution in [2.24, 2.45) is 4.99 Å². The van der Waals surface area contributed by atoms with Crippen LogP contribution in [0.5, 0.6) is 0 Å². The number of para-hydroxylation sites is 1. The average molecular weight is 692 g/mol. The highest BCUT2D eigenvalue weighted by atomic mass is 14.7. The lowest BCUT2D eigenvalue weighted by Crippen LogP contribution is -1.97. The van der Waals surface area contributed by atoms with Gasteiger partial charge in [-0.2, -0.15) is 0 Å². The van der Waals surface area contributed by atoms with Crippen molar-refractivity contribution in [3.05, 3.63) is 229 Å². The largest absolute Gasteiger partial charge is 0.253 e. The van der Waals surface area contributed by atoms with Gasteiger partial charge in [-0.25, -0.2) is 0 Å². The van der Waals surface area contributed by atoms with Crippen LogP contribution in [-0.2, 0) is 0 Å². The maximum atomic E-state index is 4.96. The van der Waals surface area contributed by atoms with Crippen LogP contribution in [0.3, 0.4) is 0 Å². The van der Waals surface area contributed by atoms with E-state index in [1.807, 2.05) is 18.2 Å². The number of aliphatic imine (C=N–C) groups is 1. The van der Waals surface area contributed by atoms with Gasteiger partial charge in [-0.15, -0.1) is 0 Å². The predicted molar refractivity (Wildman–Crippen MR) is 234 cm³/mol. The van der Waals surface area contributed by atoms with Crippen LogP contribution in [0.4, 0.5) is 5.69 Å². The molecule has 0 aromatic heterocycles. The van der Waals surface area contributed by atoms with Crippen LogP contribution < -0.4 is 0 Å². The lowest BCUT2D eigenvalue weighted by Gasteiger charge is -2.22. The van der Waals surface area contributed by atoms with Crippen LogP contribution in [0.2, 0.25) is 0 Å². The number of aryl methyl sites for hydroxylation is 1. The van der Waals surface area contributed by atoms with Crippen LogP contribution in [0, 0.1) is 6.92 Å². The van der Waals surface area contributed by atoms with Crippen LogP contribution in [0.25, 0.3) is 60.5 Å². The molecule has 8 aromatic rings. The van der Waals surface area contributed by atoms with E-state index in [9.17, 15) is 0 Å². The first-order chi connectivity index (χ1) is 26.6. The molecule has 8 aromatic carbocycles. The molecule has 0 amide bonds. The Kier molecular flexibility index (Phi) is 9.78. The molecule has 0 heterocycles. The third-order valence-electron chi connectivity index (χ3n) is 10.2. The second-order valence-electron chi connectivity index (χ2n) is 13.6. The highest BCUT2D eigenvalue weighted by molar-refractivity contribution is 6.21. The Labute approximate surface area is 318 Å². The molecule has 0 aliphatic heterocycles. The molecule has 0 unspecified atom stereocenters. The Morgan fingerprint density at radius 2 is 1.11 bits per heavy atom. The first-order valence-corrected chi connectivity index (χ1v) is 18.5. The summed E-state index contributed by atoms with van der Waals surface area (Å²) in [4.78, 5) is 4.96. The van der Waals surface area contributed by atoms with Gasteiger partial charge in [0.05, 0.1) is 5.69 Å². The number of hydrogen-bond acceptors (Lipinski definition) is 1. The molecule has 0 saturated carbocycles. The average Bonchev–Trinajstić information content (AvgIpc) is 3.23. The van der Waals surface area contributed by atoms with Crippen molar-refractivity contribution in [3.8, 4) is 33.4 Å². The number of nitrogens with zero attached hydrogens (tertiary/aromatic N) is 1. The third-order valence-corrected chi connectivity index (χ3v) is 10.2. The Morgan fingerprint density at radius 1 is 0.500 bits per heavy atom. The summed E-state index contributed by atoms with van der Waals surface area (Å²) in [6, 6.07) is 63.3. The summed E-state index contributed by atoms with van der Waals surface area (Å²) in [6.45, 7) is 8.13. The van der Waals surface area contributed by atoms with Gasteiger partial charge < -0.3 is 0 Å². The summed E-state index contributed by atoms with van der Waals surface area (Å²) in [5, 5.41) is 4.84. The van der Waals surface area contributed by atoms with Gasteiger partial charge in [-0.05, 0) is 109 Å². The van der Waals surface area contributed by atoms with Gasteiger partial charge in [0.25, 0.3) is 0 Å². The van der Waals surface area contributed by atoms with Crippen molar-refractivity contribution in [1.29, 1.82) is 0 Å². The molecular weight excluding hydrogens is 651 g/mol. The van der Waals surface area contributed by atoms with Crippen LogP contribution >= 0.6 is 0 Å². The molecule has 0 atom stereocenters. The Morgan fingerprint density at radius 3 is 1.85 bits per heavy atom. The van der Waals surface area contributed by atoms with E-state index in [1.165, 1.54) is 54.9 Å². The highest BCUT2D eigenvalue weighted by Crippen LogP contribution is 2.46. The first-order valence-electron chi connectivity index (χ1n) is 18.5. The van der Waals surface area contributed by atoms with Gasteiger partial charge in [-0.3, -0.25) is 4.99 Å². The zero-order valence-corrected chi connectivity index (χ0v) is 30.7. The van der Waals surface area contributed by atoms with E-state index in [0.717, 1.165) is 39.2 Å². The second-order valence-corrected chi connectivity index (χ2v) is 13.6. The molecule has 0 fully saturated rings. The lowest BCUT2D eigenvalue weighted by molar-refractivity contribution is 1.38. The molecule has 0 N–H and O–H groups in total. The molecule has 54 heavy (non-hydrogen) atoms. The topological polar surface area (TPSA) is 12.4 Å². The van der Waals surface area contributed by atoms with Gasteiger partial charge in [0.15, 0.2) is 0 Å². The number of rotatable bonds is 9. The molecule has 258 valence electrons. The smallest absolute Gasteiger partial charge is 0.0662 e. The van der Waals surface area contributed by atoms with Gasteiger partial charge in [0, 0.05) is 5.71 Å². The second kappa shape index (κ2) is 15.4. The molecule has 0 aliphatic rings. The molecular formula is C53H41N. The monoisotopic (exact) mass is 691 g/mol. The van der Waals surface area contributed by atoms with Crippen molar-refractivity contribution >= 4 is 38.5 Å². The number of benzene rings is 8. The molecule has 8 rings (SSSR count). The molecule has 0 saturated heterocycles. The van der Waals surface area contributed by atoms with Crippen LogP contribution in [0.15, 0.2) is 212 Å². The quantitative estimate of drug-likeness (QED) is 0.0812. The summed E-state index contributed by atoms with van der Waals surface area (Å²) < 4.78 is 0. The number of hydrogen-bond donors (Lipinski definition) is 0. The lowest BCUT2D eigenvalue weighted by atomic mass is 9.81. The standard InChI is InChI=1S/C53H41N/c1-4-5-8-25-45(42-22-11-7-12-23-42)52-47-27-16-17-28-48(47)53(46-26-15-14-24-44(46)41-20-9-6-10-21-41)49-35-34-43(36-50(49)52)40-32-30-39(31-33-40)38(3)54-51-29-18-13-19-37(51)2/h4-36H,1H2,2-3H3/b8-5-,45-25+,54-38?. The van der Waals surface area contributed by atoms with Crippen LogP contribution in [-0.4, -0.2) is 5.71 Å². The fourth-order valence-corrected chi connectivity index (χ4v) is 7.52. The summed E-state index contributed by atoms with van der Waals surface area (Å²) in [5.41, 5.74) is 15.0. The van der Waals surface area contributed by atoms with Crippen molar-refractivity contribution in [1.82, 2.24) is 0 Å². The Hall–Kier alpha value is -6.83. The van der Waals surface area contributed by atoms with Gasteiger partial charge in [-0.1, -0.05) is 195 Å². The van der Waals surface area contributed by atoms with Crippen molar-refractivity contribution < 1.29 is 0 Å². The molecule has 0 spiro atoms. The predicted octanol–water partition coefficient (Wildman–Crippen LogP) is 14.6. The van der Waals surface area contributed by atoms with Crippen molar-refractivity contribution in [3.63, 3.8) is 0 Å². The Balaban J connectivity index is 1.39. The minimum Gasteiger partial charge on any atom is -0.253 e. The van der Waals surface area contributed by atoms with Gasteiger partial charge in [0.1, 0.15) is 0 Å². The normalized spacial score (nSPS) is 12.1. The summed E-state index contributed by atoms with van der Waals surface area (Å²) in [5.74, 6) is 0. The fraction of sp³-hybridized carbons (Fsp3) is 0.0377. The summed E-state index contributed by atoms with van der Waals surface area (Å²) in [7, 11) is 0. The molecule has 1 heteroatoms.